The summed E-state index contributed by atoms with van der Waals surface area (Å²) in [5, 5.41) is 15.4. The lowest BCUT2D eigenvalue weighted by Gasteiger charge is -2.28. The Bertz CT molecular complexity index is 1170. The Hall–Kier alpha value is -3.72. The highest BCUT2D eigenvalue weighted by molar-refractivity contribution is 6.08. The summed E-state index contributed by atoms with van der Waals surface area (Å²) in [6.07, 6.45) is 0.607. The number of aliphatic hydroxyl groups is 1. The molecule has 0 saturated carbocycles. The third-order valence-corrected chi connectivity index (χ3v) is 6.84. The molecule has 9 heteroatoms. The molecule has 0 bridgehead atoms. The van der Waals surface area contributed by atoms with Crippen LogP contribution in [0.5, 0.6) is 0 Å². The van der Waals surface area contributed by atoms with Gasteiger partial charge in [-0.15, -0.1) is 0 Å². The number of hydrogen-bond acceptors (Lipinski definition) is 6. The van der Waals surface area contributed by atoms with Crippen LogP contribution in [0.4, 0.5) is 5.69 Å². The maximum atomic E-state index is 13.7. The Morgan fingerprint density at radius 1 is 1.00 bits per heavy atom. The van der Waals surface area contributed by atoms with E-state index in [1.807, 2.05) is 48.5 Å². The highest BCUT2D eigenvalue weighted by Crippen LogP contribution is 2.39. The van der Waals surface area contributed by atoms with Gasteiger partial charge in [0.15, 0.2) is 0 Å². The lowest BCUT2D eigenvalue weighted by molar-refractivity contribution is -0.155. The number of nitrogens with one attached hydrogen (secondary N) is 2. The third kappa shape index (κ3) is 4.64. The van der Waals surface area contributed by atoms with Gasteiger partial charge < -0.3 is 20.5 Å². The van der Waals surface area contributed by atoms with E-state index in [4.69, 9.17) is 4.74 Å². The van der Waals surface area contributed by atoms with E-state index in [1.165, 1.54) is 4.90 Å². The zero-order valence-electron chi connectivity index (χ0n) is 19.1. The fraction of sp³-hybridized carbons (Fsp3) is 0.385. The first-order chi connectivity index (χ1) is 16.9. The minimum Gasteiger partial charge on any atom is -0.434 e. The predicted octanol–water partition coefficient (Wildman–Crippen LogP) is 0.758. The lowest BCUT2D eigenvalue weighted by atomic mass is 10.0. The first-order valence-electron chi connectivity index (χ1n) is 11.9. The molecule has 9 nitrogen and oxygen atoms in total. The number of cyclic esters (lactones) is 1. The van der Waals surface area contributed by atoms with Gasteiger partial charge >= 0.3 is 5.97 Å². The Morgan fingerprint density at radius 2 is 1.77 bits per heavy atom. The molecule has 1 fully saturated rings. The molecular formula is C26H27N3O6. The van der Waals surface area contributed by atoms with E-state index in [2.05, 4.69) is 10.6 Å². The van der Waals surface area contributed by atoms with Crippen molar-refractivity contribution < 1.29 is 29.0 Å². The van der Waals surface area contributed by atoms with E-state index in [1.54, 1.807) is 0 Å². The summed E-state index contributed by atoms with van der Waals surface area (Å²) in [5.74, 6) is -1.62. The molecule has 3 N–H and O–H groups in total. The molecule has 182 valence electrons. The van der Waals surface area contributed by atoms with E-state index in [9.17, 15) is 24.3 Å². The number of ether oxygens (including phenoxy) is 1. The molecule has 3 heterocycles. The molecule has 1 saturated heterocycles. The largest absolute Gasteiger partial charge is 0.434 e. The second-order valence-electron chi connectivity index (χ2n) is 9.20. The molecule has 5 rings (SSSR count). The Labute approximate surface area is 202 Å². The van der Waals surface area contributed by atoms with Crippen LogP contribution in [-0.2, 0) is 43.2 Å². The van der Waals surface area contributed by atoms with Crippen molar-refractivity contribution in [1.29, 1.82) is 0 Å². The number of nitrogens with zero attached hydrogens (tertiary/aromatic N) is 1. The number of carbonyl (C=O) groups excluding carboxylic acids is 4. The summed E-state index contributed by atoms with van der Waals surface area (Å²) in [7, 11) is 0. The molecule has 0 spiro atoms. The van der Waals surface area contributed by atoms with Crippen molar-refractivity contribution in [1.82, 2.24) is 10.6 Å². The normalized spacial score (nSPS) is 25.0. The SMILES string of the molecule is O=C(CCc1ccccc1)NC1CCc2cccc3c2N(C1=O)[C@H](C(=O)N[C@H]1CC(=O)OC1O)C3. The molecule has 3 aliphatic heterocycles. The standard InChI is InChI=1S/C26H27N3O6/c30-21(12-9-15-5-2-1-3-6-15)27-18-11-10-16-7-4-8-17-13-20(29(23(16)17)25(18)33)24(32)28-19-14-22(31)35-26(19)34/h1-8,18-20,26,34H,9-14H2,(H,27,30)(H,28,32)/t18?,19-,20-,26?/m0/s1. The first kappa shape index (κ1) is 23.0. The minimum absolute atomic E-state index is 0.133. The van der Waals surface area contributed by atoms with Crippen molar-refractivity contribution >= 4 is 29.4 Å². The molecule has 2 unspecified atom stereocenters. The summed E-state index contributed by atoms with van der Waals surface area (Å²) >= 11 is 0. The van der Waals surface area contributed by atoms with Crippen LogP contribution in [0.25, 0.3) is 0 Å². The molecular weight excluding hydrogens is 450 g/mol. The van der Waals surface area contributed by atoms with Gasteiger partial charge in [0.05, 0.1) is 12.1 Å². The molecule has 2 aromatic rings. The summed E-state index contributed by atoms with van der Waals surface area (Å²) < 4.78 is 4.71. The number of aryl methyl sites for hydroxylation is 2. The van der Waals surface area contributed by atoms with Crippen LogP contribution in [0, 0.1) is 0 Å². The van der Waals surface area contributed by atoms with Gasteiger partial charge in [0.1, 0.15) is 18.1 Å². The van der Waals surface area contributed by atoms with Gasteiger partial charge in [-0.2, -0.15) is 0 Å². The summed E-state index contributed by atoms with van der Waals surface area (Å²) in [6, 6.07) is 12.9. The predicted molar refractivity (Wildman–Crippen MR) is 125 cm³/mol. The van der Waals surface area contributed by atoms with Gasteiger partial charge in [-0.05, 0) is 36.0 Å². The van der Waals surface area contributed by atoms with Crippen molar-refractivity contribution in [2.45, 2.75) is 62.9 Å². The summed E-state index contributed by atoms with van der Waals surface area (Å²) in [4.78, 5) is 52.5. The summed E-state index contributed by atoms with van der Waals surface area (Å²) in [6.45, 7) is 0. The number of hydrogen-bond donors (Lipinski definition) is 3. The van der Waals surface area contributed by atoms with E-state index >= 15 is 0 Å². The van der Waals surface area contributed by atoms with E-state index in [-0.39, 0.29) is 24.7 Å². The van der Waals surface area contributed by atoms with E-state index in [0.717, 1.165) is 22.4 Å². The average Bonchev–Trinajstić information content (AvgIpc) is 3.35. The van der Waals surface area contributed by atoms with Gasteiger partial charge in [-0.3, -0.25) is 24.1 Å². The lowest BCUT2D eigenvalue weighted by Crippen LogP contribution is -2.56. The van der Waals surface area contributed by atoms with Crippen LogP contribution in [0.1, 0.15) is 36.0 Å². The average molecular weight is 478 g/mol. The quantitative estimate of drug-likeness (QED) is 0.528. The number of para-hydroxylation sites is 1. The van der Waals surface area contributed by atoms with Crippen molar-refractivity contribution in [3.8, 4) is 0 Å². The number of aliphatic hydroxyl groups excluding tert-OH is 1. The van der Waals surface area contributed by atoms with Crippen LogP contribution >= 0.6 is 0 Å². The molecule has 2 aromatic carbocycles. The van der Waals surface area contributed by atoms with Crippen molar-refractivity contribution in [2.24, 2.45) is 0 Å². The van der Waals surface area contributed by atoms with Crippen LogP contribution in [0.2, 0.25) is 0 Å². The van der Waals surface area contributed by atoms with Crippen LogP contribution < -0.4 is 15.5 Å². The molecule has 3 amide bonds. The van der Waals surface area contributed by atoms with Gasteiger partial charge in [0.25, 0.3) is 0 Å². The topological polar surface area (TPSA) is 125 Å². The fourth-order valence-corrected chi connectivity index (χ4v) is 5.09. The van der Waals surface area contributed by atoms with Crippen LogP contribution in [-0.4, -0.2) is 53.2 Å². The molecule has 0 aliphatic carbocycles. The van der Waals surface area contributed by atoms with E-state index < -0.39 is 36.3 Å². The maximum Gasteiger partial charge on any atom is 0.310 e. The van der Waals surface area contributed by atoms with Crippen molar-refractivity contribution in [2.75, 3.05) is 4.90 Å². The number of anilines is 1. The zero-order chi connectivity index (χ0) is 24.5. The smallest absolute Gasteiger partial charge is 0.310 e. The second-order valence-corrected chi connectivity index (χ2v) is 9.20. The highest BCUT2D eigenvalue weighted by Gasteiger charge is 2.45. The van der Waals surface area contributed by atoms with Gasteiger partial charge in [0.2, 0.25) is 24.0 Å². The van der Waals surface area contributed by atoms with Gasteiger partial charge in [-0.25, -0.2) is 0 Å². The number of rotatable bonds is 6. The molecule has 0 aromatic heterocycles. The minimum atomic E-state index is -1.41. The monoisotopic (exact) mass is 477 g/mol. The Kier molecular flexibility index (Phi) is 6.25. The molecule has 3 aliphatic rings. The molecule has 35 heavy (non-hydrogen) atoms. The number of amides is 3. The van der Waals surface area contributed by atoms with Crippen LogP contribution in [0.3, 0.4) is 0 Å². The zero-order valence-corrected chi connectivity index (χ0v) is 19.1. The Balaban J connectivity index is 1.32. The number of esters is 1. The molecule has 4 atom stereocenters. The number of carbonyl (C=O) groups is 4. The number of benzene rings is 2. The first-order valence-corrected chi connectivity index (χ1v) is 11.9. The van der Waals surface area contributed by atoms with Crippen molar-refractivity contribution in [3.05, 3.63) is 65.2 Å². The molecule has 0 radical (unpaired) electrons. The third-order valence-electron chi connectivity index (χ3n) is 6.84. The maximum absolute atomic E-state index is 13.7. The van der Waals surface area contributed by atoms with Crippen molar-refractivity contribution in [3.63, 3.8) is 0 Å². The van der Waals surface area contributed by atoms with E-state index in [0.29, 0.717) is 25.7 Å². The second kappa shape index (κ2) is 9.50. The Morgan fingerprint density at radius 3 is 2.51 bits per heavy atom. The summed E-state index contributed by atoms with van der Waals surface area (Å²) in [5.41, 5.74) is 3.59. The van der Waals surface area contributed by atoms with Crippen LogP contribution in [0.15, 0.2) is 48.5 Å². The fourth-order valence-electron chi connectivity index (χ4n) is 5.09. The highest BCUT2D eigenvalue weighted by atomic mass is 16.6. The van der Waals surface area contributed by atoms with Gasteiger partial charge in [0, 0.05) is 12.8 Å². The van der Waals surface area contributed by atoms with Gasteiger partial charge in [-0.1, -0.05) is 48.5 Å².